The molecular weight excluding hydrogens is 170 g/mol. The Kier molecular flexibility index (Phi) is 2.86. The van der Waals surface area contributed by atoms with Gasteiger partial charge in [0.15, 0.2) is 0 Å². The zero-order valence-corrected chi connectivity index (χ0v) is 6.75. The zero-order valence-electron chi connectivity index (χ0n) is 6.75. The van der Waals surface area contributed by atoms with Gasteiger partial charge in [-0.2, -0.15) is 10.2 Å². The van der Waals surface area contributed by atoms with Crippen molar-refractivity contribution >= 4 is 18.6 Å². The maximum absolute atomic E-state index is 10.3. The number of benzene rings is 1. The maximum atomic E-state index is 10.3. The molecule has 0 saturated carbocycles. The standard InChI is InChI=1S/C8H7N3O2/c1-9-10-6-7-2-4-8(5-3-7)11(12)13/h2-6H,1H2. The molecule has 5 heteroatoms. The molecule has 1 aromatic carbocycles. The number of rotatable bonds is 3. The second-order valence-electron chi connectivity index (χ2n) is 2.23. The third kappa shape index (κ3) is 2.48. The highest BCUT2D eigenvalue weighted by Crippen LogP contribution is 2.10. The summed E-state index contributed by atoms with van der Waals surface area (Å²) in [5, 5.41) is 17.1. The van der Waals surface area contributed by atoms with E-state index in [4.69, 9.17) is 0 Å². The highest BCUT2D eigenvalue weighted by molar-refractivity contribution is 5.79. The molecule has 0 heterocycles. The van der Waals surface area contributed by atoms with E-state index in [1.165, 1.54) is 18.3 Å². The van der Waals surface area contributed by atoms with Crippen LogP contribution in [-0.4, -0.2) is 17.9 Å². The lowest BCUT2D eigenvalue weighted by atomic mass is 10.2. The lowest BCUT2D eigenvalue weighted by Gasteiger charge is -1.91. The predicted octanol–water partition coefficient (Wildman–Crippen LogP) is 1.63. The van der Waals surface area contributed by atoms with Gasteiger partial charge in [-0.25, -0.2) is 0 Å². The van der Waals surface area contributed by atoms with Crippen LogP contribution < -0.4 is 0 Å². The first kappa shape index (κ1) is 9.05. The average Bonchev–Trinajstić information content (AvgIpc) is 2.15. The summed E-state index contributed by atoms with van der Waals surface area (Å²) < 4.78 is 0. The second kappa shape index (κ2) is 4.10. The number of non-ortho nitro benzene ring substituents is 1. The molecule has 66 valence electrons. The van der Waals surface area contributed by atoms with Crippen molar-refractivity contribution in [1.29, 1.82) is 0 Å². The molecule has 0 saturated heterocycles. The summed E-state index contributed by atoms with van der Waals surface area (Å²) in [6.07, 6.45) is 1.47. The predicted molar refractivity (Wildman–Crippen MR) is 50.2 cm³/mol. The second-order valence-corrected chi connectivity index (χ2v) is 2.23. The van der Waals surface area contributed by atoms with E-state index in [1.54, 1.807) is 12.1 Å². The molecule has 0 amide bonds. The quantitative estimate of drug-likeness (QED) is 0.400. The van der Waals surface area contributed by atoms with Crippen molar-refractivity contribution in [3.63, 3.8) is 0 Å². The molecule has 5 nitrogen and oxygen atoms in total. The number of nitrogens with zero attached hydrogens (tertiary/aromatic N) is 3. The molecule has 0 N–H and O–H groups in total. The molecule has 0 spiro atoms. The van der Waals surface area contributed by atoms with Gasteiger partial charge in [-0.3, -0.25) is 10.1 Å². The first-order valence-corrected chi connectivity index (χ1v) is 3.47. The van der Waals surface area contributed by atoms with E-state index < -0.39 is 4.92 Å². The van der Waals surface area contributed by atoms with Crippen molar-refractivity contribution in [2.24, 2.45) is 10.2 Å². The van der Waals surface area contributed by atoms with Crippen LogP contribution in [-0.2, 0) is 0 Å². The third-order valence-corrected chi connectivity index (χ3v) is 1.39. The molecule has 0 radical (unpaired) electrons. The topological polar surface area (TPSA) is 67.9 Å². The van der Waals surface area contributed by atoms with Gasteiger partial charge < -0.3 is 0 Å². The van der Waals surface area contributed by atoms with Gasteiger partial charge in [-0.1, -0.05) is 0 Å². The van der Waals surface area contributed by atoms with Crippen molar-refractivity contribution < 1.29 is 4.92 Å². The first-order chi connectivity index (χ1) is 6.24. The Morgan fingerprint density at radius 1 is 1.38 bits per heavy atom. The fraction of sp³-hybridized carbons (Fsp3) is 0. The van der Waals surface area contributed by atoms with Crippen LogP contribution in [0.5, 0.6) is 0 Å². The minimum absolute atomic E-state index is 0.0590. The van der Waals surface area contributed by atoms with Crippen LogP contribution in [0.2, 0.25) is 0 Å². The molecular formula is C8H7N3O2. The molecule has 0 bridgehead atoms. The van der Waals surface area contributed by atoms with Gasteiger partial charge in [0.25, 0.3) is 5.69 Å². The van der Waals surface area contributed by atoms with Crippen molar-refractivity contribution in [3.05, 3.63) is 39.9 Å². The number of hydrogen-bond donors (Lipinski definition) is 0. The number of hydrogen-bond acceptors (Lipinski definition) is 4. The van der Waals surface area contributed by atoms with Crippen molar-refractivity contribution in [3.8, 4) is 0 Å². The largest absolute Gasteiger partial charge is 0.269 e. The normalized spacial score (nSPS) is 10.2. The monoisotopic (exact) mass is 177 g/mol. The van der Waals surface area contributed by atoms with Crippen molar-refractivity contribution in [1.82, 2.24) is 0 Å². The first-order valence-electron chi connectivity index (χ1n) is 3.47. The summed E-state index contributed by atoms with van der Waals surface area (Å²) in [4.78, 5) is 9.82. The van der Waals surface area contributed by atoms with Gasteiger partial charge >= 0.3 is 0 Å². The molecule has 0 aliphatic rings. The molecule has 1 rings (SSSR count). The fourth-order valence-corrected chi connectivity index (χ4v) is 0.790. The van der Waals surface area contributed by atoms with Gasteiger partial charge in [0, 0.05) is 18.9 Å². The molecule has 0 unspecified atom stereocenters. The van der Waals surface area contributed by atoms with E-state index in [0.717, 1.165) is 5.56 Å². The summed E-state index contributed by atoms with van der Waals surface area (Å²) in [5.74, 6) is 0. The van der Waals surface area contributed by atoms with Crippen LogP contribution in [0.4, 0.5) is 5.69 Å². The minimum Gasteiger partial charge on any atom is -0.258 e. The van der Waals surface area contributed by atoms with E-state index in [1.807, 2.05) is 0 Å². The summed E-state index contributed by atoms with van der Waals surface area (Å²) in [7, 11) is 0. The fourth-order valence-electron chi connectivity index (χ4n) is 0.790. The van der Waals surface area contributed by atoms with Crippen LogP contribution in [0.3, 0.4) is 0 Å². The highest BCUT2D eigenvalue weighted by Gasteiger charge is 2.01. The van der Waals surface area contributed by atoms with E-state index in [0.29, 0.717) is 0 Å². The Labute approximate surface area is 74.6 Å². The van der Waals surface area contributed by atoms with Crippen LogP contribution >= 0.6 is 0 Å². The third-order valence-electron chi connectivity index (χ3n) is 1.39. The van der Waals surface area contributed by atoms with E-state index in [-0.39, 0.29) is 5.69 Å². The van der Waals surface area contributed by atoms with E-state index in [2.05, 4.69) is 16.9 Å². The Bertz CT molecular complexity index is 343. The van der Waals surface area contributed by atoms with Crippen molar-refractivity contribution in [2.75, 3.05) is 0 Å². The summed E-state index contributed by atoms with van der Waals surface area (Å²) in [5.41, 5.74) is 0.807. The summed E-state index contributed by atoms with van der Waals surface area (Å²) >= 11 is 0. The molecule has 1 aromatic rings. The Balaban J connectivity index is 2.87. The smallest absolute Gasteiger partial charge is 0.258 e. The Morgan fingerprint density at radius 2 is 2.00 bits per heavy atom. The van der Waals surface area contributed by atoms with E-state index in [9.17, 15) is 10.1 Å². The highest BCUT2D eigenvalue weighted by atomic mass is 16.6. The lowest BCUT2D eigenvalue weighted by Crippen LogP contribution is -1.87. The van der Waals surface area contributed by atoms with Gasteiger partial charge in [-0.05, 0) is 17.7 Å². The van der Waals surface area contributed by atoms with Crippen LogP contribution in [0.15, 0.2) is 34.5 Å². The summed E-state index contributed by atoms with van der Waals surface area (Å²) in [6.45, 7) is 3.17. The van der Waals surface area contributed by atoms with E-state index >= 15 is 0 Å². The summed E-state index contributed by atoms with van der Waals surface area (Å²) in [6, 6.07) is 5.99. The van der Waals surface area contributed by atoms with Gasteiger partial charge in [0.1, 0.15) is 0 Å². The average molecular weight is 177 g/mol. The lowest BCUT2D eigenvalue weighted by molar-refractivity contribution is -0.384. The molecule has 0 aliphatic heterocycles. The molecule has 0 aliphatic carbocycles. The van der Waals surface area contributed by atoms with Crippen LogP contribution in [0.1, 0.15) is 5.56 Å². The number of nitro groups is 1. The minimum atomic E-state index is -0.452. The molecule has 0 fully saturated rings. The Morgan fingerprint density at radius 3 is 2.46 bits per heavy atom. The van der Waals surface area contributed by atoms with Crippen LogP contribution in [0.25, 0.3) is 0 Å². The molecule has 13 heavy (non-hydrogen) atoms. The molecule has 0 atom stereocenters. The zero-order chi connectivity index (χ0) is 9.68. The van der Waals surface area contributed by atoms with Crippen LogP contribution in [0, 0.1) is 10.1 Å². The Hall–Kier alpha value is -2.04. The maximum Gasteiger partial charge on any atom is 0.269 e. The van der Waals surface area contributed by atoms with Gasteiger partial charge in [0.05, 0.1) is 11.1 Å². The number of nitro benzene ring substituents is 1. The molecule has 0 aromatic heterocycles. The van der Waals surface area contributed by atoms with Gasteiger partial charge in [-0.15, -0.1) is 0 Å². The van der Waals surface area contributed by atoms with Gasteiger partial charge in [0.2, 0.25) is 0 Å². The SMILES string of the molecule is C=NN=Cc1ccc([N+](=O)[O-])cc1. The van der Waals surface area contributed by atoms with Crippen molar-refractivity contribution in [2.45, 2.75) is 0 Å².